The van der Waals surface area contributed by atoms with E-state index in [9.17, 15) is 4.79 Å². The number of hydrogen-bond acceptors (Lipinski definition) is 1. The molecule has 1 spiro atoms. The third-order valence-electron chi connectivity index (χ3n) is 4.47. The number of carboxylic acids is 1. The third kappa shape index (κ3) is 0.606. The topological polar surface area (TPSA) is 37.3 Å². The molecular weight excluding hydrogens is 152 g/mol. The van der Waals surface area contributed by atoms with Crippen molar-refractivity contribution in [3.8, 4) is 0 Å². The van der Waals surface area contributed by atoms with Crippen LogP contribution < -0.4 is 0 Å². The molecule has 0 aromatic heterocycles. The number of carbonyl (C=O) groups is 1. The second-order valence-corrected chi connectivity index (χ2v) is 4.82. The molecule has 2 nitrogen and oxygen atoms in total. The molecule has 0 saturated heterocycles. The number of fused-ring (bicyclic) bond motifs is 3. The average molecular weight is 166 g/mol. The standard InChI is InChI=1S/C10H14O2/c11-9(12)8-6-1-2-7(5-6)10(8)3-4-10/h6-8H,1-5H2,(H,11,12)/t6-,7+,8+/m0/s1. The SMILES string of the molecule is O=C(O)[C@H]1[C@H]2CC[C@H](C2)C12CC2. The predicted octanol–water partition coefficient (Wildman–Crippen LogP) is 1.90. The van der Waals surface area contributed by atoms with Crippen molar-refractivity contribution in [2.45, 2.75) is 32.1 Å². The molecular formula is C10H14O2. The fraction of sp³-hybridized carbons (Fsp3) is 0.900. The van der Waals surface area contributed by atoms with E-state index in [0.29, 0.717) is 11.3 Å². The fourth-order valence-corrected chi connectivity index (χ4v) is 3.88. The fourth-order valence-electron chi connectivity index (χ4n) is 3.88. The molecule has 0 unspecified atom stereocenters. The Labute approximate surface area is 72.0 Å². The monoisotopic (exact) mass is 166 g/mol. The number of hydrogen-bond donors (Lipinski definition) is 1. The lowest BCUT2D eigenvalue weighted by Gasteiger charge is -2.27. The summed E-state index contributed by atoms with van der Waals surface area (Å²) in [6, 6.07) is 0. The van der Waals surface area contributed by atoms with Crippen molar-refractivity contribution < 1.29 is 9.90 Å². The quantitative estimate of drug-likeness (QED) is 0.646. The maximum atomic E-state index is 11.0. The molecule has 0 aromatic carbocycles. The smallest absolute Gasteiger partial charge is 0.307 e. The molecule has 66 valence electrons. The van der Waals surface area contributed by atoms with Gasteiger partial charge in [0.1, 0.15) is 0 Å². The highest BCUT2D eigenvalue weighted by atomic mass is 16.4. The number of rotatable bonds is 1. The van der Waals surface area contributed by atoms with Gasteiger partial charge in [0.2, 0.25) is 0 Å². The molecule has 1 N–H and O–H groups in total. The third-order valence-corrected chi connectivity index (χ3v) is 4.47. The summed E-state index contributed by atoms with van der Waals surface area (Å²) in [6.07, 6.45) is 6.12. The van der Waals surface area contributed by atoms with E-state index in [2.05, 4.69) is 0 Å². The molecule has 0 aliphatic heterocycles. The molecule has 0 aromatic rings. The van der Waals surface area contributed by atoms with Gasteiger partial charge < -0.3 is 5.11 Å². The Morgan fingerprint density at radius 2 is 2.08 bits per heavy atom. The summed E-state index contributed by atoms with van der Waals surface area (Å²) in [5, 5.41) is 9.11. The summed E-state index contributed by atoms with van der Waals surface area (Å²) in [7, 11) is 0. The molecule has 3 saturated carbocycles. The predicted molar refractivity (Wildman–Crippen MR) is 43.6 cm³/mol. The van der Waals surface area contributed by atoms with E-state index in [-0.39, 0.29) is 5.92 Å². The lowest BCUT2D eigenvalue weighted by Crippen LogP contribution is -2.30. The zero-order valence-electron chi connectivity index (χ0n) is 7.12. The second kappa shape index (κ2) is 1.86. The highest BCUT2D eigenvalue weighted by molar-refractivity contribution is 5.73. The van der Waals surface area contributed by atoms with Gasteiger partial charge in [-0.1, -0.05) is 0 Å². The molecule has 0 heterocycles. The van der Waals surface area contributed by atoms with Gasteiger partial charge in [0, 0.05) is 0 Å². The zero-order chi connectivity index (χ0) is 8.34. The van der Waals surface area contributed by atoms with Crippen LogP contribution in [0.3, 0.4) is 0 Å². The highest BCUT2D eigenvalue weighted by Gasteiger charge is 2.66. The van der Waals surface area contributed by atoms with E-state index in [1.807, 2.05) is 0 Å². The van der Waals surface area contributed by atoms with E-state index in [1.165, 1.54) is 32.1 Å². The lowest BCUT2D eigenvalue weighted by atomic mass is 9.76. The number of aliphatic carboxylic acids is 1. The average Bonchev–Trinajstić information content (AvgIpc) is 2.57. The van der Waals surface area contributed by atoms with Crippen molar-refractivity contribution in [1.82, 2.24) is 0 Å². The first-order valence-corrected chi connectivity index (χ1v) is 4.97. The first-order chi connectivity index (χ1) is 5.74. The largest absolute Gasteiger partial charge is 0.481 e. The Balaban J connectivity index is 1.97. The van der Waals surface area contributed by atoms with Crippen LogP contribution in [0.5, 0.6) is 0 Å². The Kier molecular flexibility index (Phi) is 1.07. The van der Waals surface area contributed by atoms with Crippen LogP contribution in [0.1, 0.15) is 32.1 Å². The molecule has 3 aliphatic carbocycles. The summed E-state index contributed by atoms with van der Waals surface area (Å²) < 4.78 is 0. The van der Waals surface area contributed by atoms with Crippen LogP contribution in [0.25, 0.3) is 0 Å². The van der Waals surface area contributed by atoms with Crippen molar-refractivity contribution in [3.05, 3.63) is 0 Å². The van der Waals surface area contributed by atoms with Gasteiger partial charge in [-0.2, -0.15) is 0 Å². The van der Waals surface area contributed by atoms with Crippen LogP contribution in [0.2, 0.25) is 0 Å². The number of carboxylic acid groups (broad SMARTS) is 1. The van der Waals surface area contributed by atoms with E-state index < -0.39 is 5.97 Å². The van der Waals surface area contributed by atoms with Gasteiger partial charge in [-0.25, -0.2) is 0 Å². The molecule has 2 bridgehead atoms. The maximum Gasteiger partial charge on any atom is 0.307 e. The van der Waals surface area contributed by atoms with Gasteiger partial charge in [0.15, 0.2) is 0 Å². The molecule has 0 radical (unpaired) electrons. The van der Waals surface area contributed by atoms with Gasteiger partial charge in [0.05, 0.1) is 5.92 Å². The first-order valence-electron chi connectivity index (χ1n) is 4.97. The van der Waals surface area contributed by atoms with Crippen LogP contribution in [-0.4, -0.2) is 11.1 Å². The van der Waals surface area contributed by atoms with E-state index in [0.717, 1.165) is 5.92 Å². The van der Waals surface area contributed by atoms with Crippen LogP contribution in [0, 0.1) is 23.2 Å². The minimum absolute atomic E-state index is 0.0382. The molecule has 3 rings (SSSR count). The Hall–Kier alpha value is -0.530. The van der Waals surface area contributed by atoms with Crippen LogP contribution >= 0.6 is 0 Å². The summed E-state index contributed by atoms with van der Waals surface area (Å²) in [5.41, 5.74) is 0.300. The highest BCUT2D eigenvalue weighted by Crippen LogP contribution is 2.71. The van der Waals surface area contributed by atoms with Crippen molar-refractivity contribution in [1.29, 1.82) is 0 Å². The van der Waals surface area contributed by atoms with Crippen molar-refractivity contribution in [2.75, 3.05) is 0 Å². The molecule has 3 aliphatic rings. The van der Waals surface area contributed by atoms with Crippen LogP contribution in [0.15, 0.2) is 0 Å². The summed E-state index contributed by atoms with van der Waals surface area (Å²) >= 11 is 0. The molecule has 12 heavy (non-hydrogen) atoms. The van der Waals surface area contributed by atoms with E-state index in [1.54, 1.807) is 0 Å². The first kappa shape index (κ1) is 6.93. The van der Waals surface area contributed by atoms with Crippen molar-refractivity contribution >= 4 is 5.97 Å². The van der Waals surface area contributed by atoms with Gasteiger partial charge in [0.25, 0.3) is 0 Å². The van der Waals surface area contributed by atoms with Crippen LogP contribution in [-0.2, 0) is 4.79 Å². The minimum atomic E-state index is -0.514. The molecule has 2 heteroatoms. The van der Waals surface area contributed by atoms with Crippen molar-refractivity contribution in [2.24, 2.45) is 23.2 Å². The van der Waals surface area contributed by atoms with Gasteiger partial charge in [-0.3, -0.25) is 4.79 Å². The van der Waals surface area contributed by atoms with Gasteiger partial charge in [-0.05, 0) is 49.4 Å². The zero-order valence-corrected chi connectivity index (χ0v) is 7.12. The van der Waals surface area contributed by atoms with Gasteiger partial charge in [-0.15, -0.1) is 0 Å². The van der Waals surface area contributed by atoms with Crippen molar-refractivity contribution in [3.63, 3.8) is 0 Å². The summed E-state index contributed by atoms with van der Waals surface area (Å²) in [4.78, 5) is 11.0. The summed E-state index contributed by atoms with van der Waals surface area (Å²) in [6.45, 7) is 0. The van der Waals surface area contributed by atoms with E-state index >= 15 is 0 Å². The lowest BCUT2D eigenvalue weighted by molar-refractivity contribution is -0.146. The normalized spacial score (nSPS) is 46.8. The minimum Gasteiger partial charge on any atom is -0.481 e. The Morgan fingerprint density at radius 3 is 2.58 bits per heavy atom. The molecule has 3 fully saturated rings. The van der Waals surface area contributed by atoms with Gasteiger partial charge >= 0.3 is 5.97 Å². The Bertz CT molecular complexity index is 242. The molecule has 0 amide bonds. The van der Waals surface area contributed by atoms with E-state index in [4.69, 9.17) is 5.11 Å². The van der Waals surface area contributed by atoms with Crippen LogP contribution in [0.4, 0.5) is 0 Å². The molecule has 3 atom stereocenters. The second-order valence-electron chi connectivity index (χ2n) is 4.82. The Morgan fingerprint density at radius 1 is 1.33 bits per heavy atom. The summed E-state index contributed by atoms with van der Waals surface area (Å²) in [5.74, 6) is 0.842. The maximum absolute atomic E-state index is 11.0.